The van der Waals surface area contributed by atoms with E-state index in [-0.39, 0.29) is 5.91 Å². The van der Waals surface area contributed by atoms with Crippen LogP contribution < -0.4 is 15.4 Å². The number of amides is 1. The normalized spacial score (nSPS) is 11.3. The number of aromatic nitrogens is 1. The Hall–Kier alpha value is -2.59. The molecule has 0 radical (unpaired) electrons. The van der Waals surface area contributed by atoms with Gasteiger partial charge in [0.1, 0.15) is 17.1 Å². The molecule has 0 saturated heterocycles. The predicted molar refractivity (Wildman–Crippen MR) is 81.5 cm³/mol. The average Bonchev–Trinajstić information content (AvgIpc) is 2.95. The van der Waals surface area contributed by atoms with Crippen LogP contribution in [0.25, 0.3) is 0 Å². The van der Waals surface area contributed by atoms with Gasteiger partial charge in [-0.05, 0) is 24.4 Å². The molecule has 2 heterocycles. The fourth-order valence-electron chi connectivity index (χ4n) is 1.62. The van der Waals surface area contributed by atoms with Crippen molar-refractivity contribution >= 4 is 27.9 Å². The highest BCUT2D eigenvalue weighted by atomic mass is 32.1. The average molecular weight is 302 g/mol. The molecule has 0 unspecified atom stereocenters. The number of methoxy groups -OCH3 is 1. The van der Waals surface area contributed by atoms with E-state index in [9.17, 15) is 4.79 Å². The summed E-state index contributed by atoms with van der Waals surface area (Å²) >= 11 is 1.32. The molecule has 0 aromatic carbocycles. The molecule has 1 atom stereocenters. The second kappa shape index (κ2) is 6.72. The molecule has 2 aromatic heterocycles. The van der Waals surface area contributed by atoms with E-state index in [4.69, 9.17) is 10.00 Å². The number of ether oxygens (including phenoxy) is 1. The zero-order valence-corrected chi connectivity index (χ0v) is 12.4. The Morgan fingerprint density at radius 3 is 2.90 bits per heavy atom. The van der Waals surface area contributed by atoms with Crippen molar-refractivity contribution in [3.63, 3.8) is 0 Å². The van der Waals surface area contributed by atoms with Crippen molar-refractivity contribution in [2.24, 2.45) is 0 Å². The van der Waals surface area contributed by atoms with E-state index >= 15 is 0 Å². The monoisotopic (exact) mass is 302 g/mol. The van der Waals surface area contributed by atoms with Crippen LogP contribution in [0.5, 0.6) is 5.88 Å². The van der Waals surface area contributed by atoms with Crippen molar-refractivity contribution in [2.75, 3.05) is 17.7 Å². The van der Waals surface area contributed by atoms with Crippen LogP contribution in [0, 0.1) is 11.3 Å². The molecule has 2 aromatic rings. The lowest BCUT2D eigenvalue weighted by molar-refractivity contribution is -0.116. The molecule has 0 aliphatic heterocycles. The van der Waals surface area contributed by atoms with Crippen molar-refractivity contribution in [1.29, 1.82) is 5.26 Å². The summed E-state index contributed by atoms with van der Waals surface area (Å²) in [4.78, 5) is 16.1. The molecule has 0 aliphatic carbocycles. The lowest BCUT2D eigenvalue weighted by Crippen LogP contribution is -2.31. The molecule has 0 spiro atoms. The second-order valence-electron chi connectivity index (χ2n) is 4.22. The lowest BCUT2D eigenvalue weighted by atomic mass is 10.2. The minimum absolute atomic E-state index is 0.218. The third-order valence-electron chi connectivity index (χ3n) is 2.74. The van der Waals surface area contributed by atoms with Gasteiger partial charge in [0.15, 0.2) is 0 Å². The van der Waals surface area contributed by atoms with Crippen molar-refractivity contribution in [3.05, 3.63) is 35.3 Å². The van der Waals surface area contributed by atoms with Gasteiger partial charge in [-0.3, -0.25) is 4.79 Å². The number of rotatable bonds is 5. The van der Waals surface area contributed by atoms with Gasteiger partial charge in [0.05, 0.1) is 24.6 Å². The summed E-state index contributed by atoms with van der Waals surface area (Å²) in [5, 5.41) is 17.0. The highest BCUT2D eigenvalue weighted by Gasteiger charge is 2.15. The van der Waals surface area contributed by atoms with E-state index in [0.717, 1.165) is 0 Å². The predicted octanol–water partition coefficient (Wildman–Crippen LogP) is 2.46. The number of carbonyl (C=O) groups excluding carboxylic acids is 1. The Bertz CT molecular complexity index is 660. The molecular formula is C14H14N4O2S. The second-order valence-corrected chi connectivity index (χ2v) is 5.14. The number of nitrogens with one attached hydrogen (secondary N) is 2. The first kappa shape index (κ1) is 14.8. The highest BCUT2D eigenvalue weighted by Crippen LogP contribution is 2.22. The van der Waals surface area contributed by atoms with Crippen LogP contribution in [0.2, 0.25) is 0 Å². The third-order valence-corrected chi connectivity index (χ3v) is 3.57. The number of hydrogen-bond donors (Lipinski definition) is 2. The van der Waals surface area contributed by atoms with Crippen molar-refractivity contribution in [1.82, 2.24) is 4.98 Å². The Morgan fingerprint density at radius 1 is 1.48 bits per heavy atom. The molecule has 0 aliphatic rings. The minimum atomic E-state index is -0.464. The van der Waals surface area contributed by atoms with Crippen LogP contribution in [0.15, 0.2) is 29.8 Å². The summed E-state index contributed by atoms with van der Waals surface area (Å²) < 4.78 is 4.97. The standard InChI is InChI=1S/C14H14N4O2S/c1-9(17-11-3-4-12(20-2)16-8-11)13(19)18-14-10(7-15)5-6-21-14/h3-6,8-9,17H,1-2H3,(H,18,19)/t9-/m0/s1. The van der Waals surface area contributed by atoms with Gasteiger partial charge in [-0.15, -0.1) is 11.3 Å². The van der Waals surface area contributed by atoms with Gasteiger partial charge in [-0.25, -0.2) is 4.98 Å². The zero-order valence-electron chi connectivity index (χ0n) is 11.6. The number of carbonyl (C=O) groups is 1. The quantitative estimate of drug-likeness (QED) is 0.886. The van der Waals surface area contributed by atoms with E-state index in [0.29, 0.717) is 22.1 Å². The van der Waals surface area contributed by atoms with Crippen LogP contribution in [0.4, 0.5) is 10.7 Å². The Balaban J connectivity index is 1.97. The molecule has 2 rings (SSSR count). The van der Waals surface area contributed by atoms with E-state index in [1.54, 1.807) is 43.8 Å². The van der Waals surface area contributed by atoms with Crippen LogP contribution in [-0.2, 0) is 4.79 Å². The molecule has 0 fully saturated rings. The first-order valence-electron chi connectivity index (χ1n) is 6.19. The van der Waals surface area contributed by atoms with Crippen molar-refractivity contribution < 1.29 is 9.53 Å². The molecule has 0 bridgehead atoms. The largest absolute Gasteiger partial charge is 0.481 e. The minimum Gasteiger partial charge on any atom is -0.481 e. The molecule has 6 nitrogen and oxygen atoms in total. The maximum absolute atomic E-state index is 12.1. The smallest absolute Gasteiger partial charge is 0.247 e. The summed E-state index contributed by atoms with van der Waals surface area (Å²) in [6, 6.07) is 6.73. The first-order chi connectivity index (χ1) is 10.1. The number of nitrogens with zero attached hydrogens (tertiary/aromatic N) is 2. The molecular weight excluding hydrogens is 288 g/mol. The maximum atomic E-state index is 12.1. The number of hydrogen-bond acceptors (Lipinski definition) is 6. The SMILES string of the molecule is COc1ccc(N[C@@H](C)C(=O)Nc2sccc2C#N)cn1. The summed E-state index contributed by atoms with van der Waals surface area (Å²) in [6.45, 7) is 1.74. The van der Waals surface area contributed by atoms with Crippen LogP contribution >= 0.6 is 11.3 Å². The van der Waals surface area contributed by atoms with Gasteiger partial charge in [0.2, 0.25) is 11.8 Å². The summed E-state index contributed by atoms with van der Waals surface area (Å²) in [5.74, 6) is 0.291. The van der Waals surface area contributed by atoms with Crippen LogP contribution in [0.3, 0.4) is 0 Å². The lowest BCUT2D eigenvalue weighted by Gasteiger charge is -2.14. The van der Waals surface area contributed by atoms with Gasteiger partial charge in [-0.1, -0.05) is 0 Å². The number of thiophene rings is 1. The topological polar surface area (TPSA) is 87.0 Å². The van der Waals surface area contributed by atoms with Gasteiger partial charge in [-0.2, -0.15) is 5.26 Å². The molecule has 108 valence electrons. The van der Waals surface area contributed by atoms with Gasteiger partial charge < -0.3 is 15.4 Å². The van der Waals surface area contributed by atoms with Gasteiger partial charge in [0, 0.05) is 6.07 Å². The molecule has 7 heteroatoms. The molecule has 21 heavy (non-hydrogen) atoms. The van der Waals surface area contributed by atoms with Gasteiger partial charge in [0.25, 0.3) is 0 Å². The first-order valence-corrected chi connectivity index (χ1v) is 7.07. The Morgan fingerprint density at radius 2 is 2.29 bits per heavy atom. The van der Waals surface area contributed by atoms with E-state index in [2.05, 4.69) is 15.6 Å². The fraction of sp³-hybridized carbons (Fsp3) is 0.214. The molecule has 1 amide bonds. The number of pyridine rings is 1. The molecule has 0 saturated carbocycles. The number of nitriles is 1. The summed E-state index contributed by atoms with van der Waals surface area (Å²) in [7, 11) is 1.54. The third kappa shape index (κ3) is 3.70. The fourth-order valence-corrected chi connectivity index (χ4v) is 2.36. The highest BCUT2D eigenvalue weighted by molar-refractivity contribution is 7.14. The van der Waals surface area contributed by atoms with Crippen LogP contribution in [-0.4, -0.2) is 24.0 Å². The van der Waals surface area contributed by atoms with E-state index in [1.807, 2.05) is 6.07 Å². The Labute approximate surface area is 126 Å². The summed E-state index contributed by atoms with van der Waals surface area (Å²) in [6.07, 6.45) is 1.59. The zero-order chi connectivity index (χ0) is 15.2. The van der Waals surface area contributed by atoms with Crippen LogP contribution in [0.1, 0.15) is 12.5 Å². The number of anilines is 2. The molecule has 2 N–H and O–H groups in total. The summed E-state index contributed by atoms with van der Waals surface area (Å²) in [5.41, 5.74) is 1.18. The van der Waals surface area contributed by atoms with Crippen molar-refractivity contribution in [2.45, 2.75) is 13.0 Å². The van der Waals surface area contributed by atoms with E-state index < -0.39 is 6.04 Å². The Kier molecular flexibility index (Phi) is 4.74. The van der Waals surface area contributed by atoms with Gasteiger partial charge >= 0.3 is 0 Å². The van der Waals surface area contributed by atoms with E-state index in [1.165, 1.54) is 11.3 Å². The maximum Gasteiger partial charge on any atom is 0.247 e. The van der Waals surface area contributed by atoms with Crippen molar-refractivity contribution in [3.8, 4) is 11.9 Å².